The largest absolute Gasteiger partial charge is 0.411 e. The van der Waals surface area contributed by atoms with E-state index in [-0.39, 0.29) is 10.9 Å². The zero-order valence-electron chi connectivity index (χ0n) is 4.32. The fraction of sp³-hybridized carbons (Fsp3) is 1.00. The molecule has 0 N–H and O–H groups in total. The van der Waals surface area contributed by atoms with Gasteiger partial charge in [0, 0.05) is 0 Å². The molecule has 0 aromatic rings. The fourth-order valence-corrected chi connectivity index (χ4v) is 0.871. The highest BCUT2D eigenvalue weighted by Gasteiger charge is 2.06. The number of rotatable bonds is 2. The zero-order valence-corrected chi connectivity index (χ0v) is 7.83. The maximum Gasteiger partial charge on any atom is 0.148 e. The van der Waals surface area contributed by atoms with E-state index in [9.17, 15) is 0 Å². The first kappa shape index (κ1) is 7.76. The zero-order chi connectivity index (χ0) is 5.86. The van der Waals surface area contributed by atoms with Crippen LogP contribution in [0.2, 0.25) is 0 Å². The van der Waals surface area contributed by atoms with Crippen molar-refractivity contribution >= 4 is 33.7 Å². The third-order valence-electron chi connectivity index (χ3n) is 0.586. The van der Waals surface area contributed by atoms with E-state index in [4.69, 9.17) is 27.6 Å². The lowest BCUT2D eigenvalue weighted by Crippen LogP contribution is -2.12. The molecule has 4 heteroatoms. The average Bonchev–Trinajstić information content (AvgIpc) is 1.65. The molecule has 2 atom stereocenters. The smallest absolute Gasteiger partial charge is 0.148 e. The van der Waals surface area contributed by atoms with Crippen LogP contribution in [0.1, 0.15) is 6.92 Å². The second-order valence-corrected chi connectivity index (χ2v) is 2.85. The standard InChI is InChI=1S/C3H8Cl2OSi/c1-2(4)3(5)6-7/h2-3H,1,7H3. The lowest BCUT2D eigenvalue weighted by molar-refractivity contribution is 0.308. The first-order valence-corrected chi connectivity index (χ1v) is 3.68. The summed E-state index contributed by atoms with van der Waals surface area (Å²) in [7, 11) is 0.654. The van der Waals surface area contributed by atoms with Crippen molar-refractivity contribution in [1.82, 2.24) is 0 Å². The summed E-state index contributed by atoms with van der Waals surface area (Å²) in [6.45, 7) is 1.80. The second kappa shape index (κ2) is 3.72. The normalized spacial score (nSPS) is 19.3. The molecule has 0 amide bonds. The van der Waals surface area contributed by atoms with E-state index in [2.05, 4.69) is 0 Å². The Labute approximate surface area is 56.5 Å². The van der Waals surface area contributed by atoms with Gasteiger partial charge in [-0.2, -0.15) is 0 Å². The minimum absolute atomic E-state index is 0.0841. The second-order valence-electron chi connectivity index (χ2n) is 1.26. The first-order valence-electron chi connectivity index (χ1n) is 1.99. The summed E-state index contributed by atoms with van der Waals surface area (Å²) in [5, 5.41) is -0.0841. The van der Waals surface area contributed by atoms with Gasteiger partial charge in [0.2, 0.25) is 0 Å². The van der Waals surface area contributed by atoms with Crippen LogP contribution in [-0.4, -0.2) is 21.4 Å². The SMILES string of the molecule is CC(Cl)C(Cl)O[SiH3]. The predicted molar refractivity (Wildman–Crippen MR) is 36.0 cm³/mol. The number of hydrogen-bond donors (Lipinski definition) is 0. The van der Waals surface area contributed by atoms with Gasteiger partial charge in [0.25, 0.3) is 0 Å². The lowest BCUT2D eigenvalue weighted by Gasteiger charge is -2.07. The van der Waals surface area contributed by atoms with Crippen molar-refractivity contribution in [3.05, 3.63) is 0 Å². The summed E-state index contributed by atoms with van der Waals surface area (Å²) in [4.78, 5) is 0. The van der Waals surface area contributed by atoms with E-state index in [0.29, 0.717) is 10.5 Å². The Bertz CT molecular complexity index is 50.2. The van der Waals surface area contributed by atoms with Crippen molar-refractivity contribution in [2.45, 2.75) is 17.9 Å². The molecule has 0 aliphatic rings. The van der Waals surface area contributed by atoms with Crippen LogP contribution in [0, 0.1) is 0 Å². The van der Waals surface area contributed by atoms with Crippen LogP contribution >= 0.6 is 23.2 Å². The third kappa shape index (κ3) is 3.35. The van der Waals surface area contributed by atoms with Gasteiger partial charge in [-0.15, -0.1) is 11.6 Å². The van der Waals surface area contributed by atoms with Crippen LogP contribution in [0.4, 0.5) is 0 Å². The molecular weight excluding hydrogens is 151 g/mol. The molecule has 0 aromatic heterocycles. The lowest BCUT2D eigenvalue weighted by atomic mass is 10.5. The Balaban J connectivity index is 3.14. The van der Waals surface area contributed by atoms with Crippen molar-refractivity contribution in [3.63, 3.8) is 0 Å². The molecule has 0 heterocycles. The summed E-state index contributed by atoms with van der Waals surface area (Å²) in [5.74, 6) is 0. The van der Waals surface area contributed by atoms with Crippen LogP contribution in [0.5, 0.6) is 0 Å². The van der Waals surface area contributed by atoms with Crippen LogP contribution in [-0.2, 0) is 4.43 Å². The van der Waals surface area contributed by atoms with E-state index < -0.39 is 0 Å². The first-order chi connectivity index (χ1) is 3.18. The summed E-state index contributed by atoms with van der Waals surface area (Å²) in [6.07, 6.45) is 0. The Kier molecular flexibility index (Phi) is 4.12. The van der Waals surface area contributed by atoms with Gasteiger partial charge in [0.15, 0.2) is 0 Å². The van der Waals surface area contributed by atoms with Crippen LogP contribution in [0.3, 0.4) is 0 Å². The molecule has 0 rings (SSSR count). The minimum Gasteiger partial charge on any atom is -0.411 e. The summed E-state index contributed by atoms with van der Waals surface area (Å²) >= 11 is 11.0. The van der Waals surface area contributed by atoms with Gasteiger partial charge >= 0.3 is 0 Å². The molecule has 0 saturated carbocycles. The van der Waals surface area contributed by atoms with Crippen LogP contribution in [0.25, 0.3) is 0 Å². The van der Waals surface area contributed by atoms with E-state index >= 15 is 0 Å². The highest BCUT2D eigenvalue weighted by atomic mass is 35.5. The number of halogens is 2. The van der Waals surface area contributed by atoms with Crippen LogP contribution in [0.15, 0.2) is 0 Å². The topological polar surface area (TPSA) is 9.23 Å². The molecule has 1 nitrogen and oxygen atoms in total. The highest BCUT2D eigenvalue weighted by molar-refractivity contribution is 6.29. The quantitative estimate of drug-likeness (QED) is 0.420. The molecule has 0 aromatic carbocycles. The summed E-state index contributed by atoms with van der Waals surface area (Å²) < 4.78 is 4.78. The monoisotopic (exact) mass is 158 g/mol. The molecule has 0 spiro atoms. The maximum atomic E-state index is 5.49. The van der Waals surface area contributed by atoms with Crippen molar-refractivity contribution in [2.75, 3.05) is 0 Å². The summed E-state index contributed by atoms with van der Waals surface area (Å²) in [5.41, 5.74) is -0.298. The van der Waals surface area contributed by atoms with Crippen molar-refractivity contribution in [3.8, 4) is 0 Å². The molecule has 0 saturated heterocycles. The van der Waals surface area contributed by atoms with Gasteiger partial charge in [0.1, 0.15) is 16.0 Å². The Morgan fingerprint density at radius 3 is 2.00 bits per heavy atom. The maximum absolute atomic E-state index is 5.49. The fourth-order valence-electron chi connectivity index (χ4n) is 0.188. The van der Waals surface area contributed by atoms with E-state index in [0.717, 1.165) is 0 Å². The molecule has 0 aliphatic heterocycles. The van der Waals surface area contributed by atoms with Gasteiger partial charge < -0.3 is 4.43 Å². The predicted octanol–water partition coefficient (Wildman–Crippen LogP) is 0.476. The van der Waals surface area contributed by atoms with Gasteiger partial charge in [-0.05, 0) is 6.92 Å². The number of alkyl halides is 2. The van der Waals surface area contributed by atoms with Gasteiger partial charge in [-0.25, -0.2) is 0 Å². The highest BCUT2D eigenvalue weighted by Crippen LogP contribution is 2.07. The Morgan fingerprint density at radius 1 is 1.57 bits per heavy atom. The molecule has 0 radical (unpaired) electrons. The van der Waals surface area contributed by atoms with Crippen molar-refractivity contribution < 1.29 is 4.43 Å². The van der Waals surface area contributed by atoms with E-state index in [1.165, 1.54) is 0 Å². The average molecular weight is 159 g/mol. The molecule has 0 aliphatic carbocycles. The van der Waals surface area contributed by atoms with Crippen molar-refractivity contribution in [1.29, 1.82) is 0 Å². The van der Waals surface area contributed by atoms with Crippen LogP contribution < -0.4 is 0 Å². The molecule has 7 heavy (non-hydrogen) atoms. The molecule has 44 valence electrons. The Morgan fingerprint density at radius 2 is 2.00 bits per heavy atom. The molecule has 0 fully saturated rings. The van der Waals surface area contributed by atoms with E-state index in [1.807, 2.05) is 0 Å². The van der Waals surface area contributed by atoms with Gasteiger partial charge in [-0.3, -0.25) is 0 Å². The third-order valence-corrected chi connectivity index (χ3v) is 2.31. The molecular formula is C3H8Cl2OSi. The van der Waals surface area contributed by atoms with Crippen molar-refractivity contribution in [2.24, 2.45) is 0 Å². The minimum atomic E-state index is -0.298. The Hall–Kier alpha value is 0.757. The molecule has 0 bridgehead atoms. The van der Waals surface area contributed by atoms with E-state index in [1.54, 1.807) is 6.92 Å². The van der Waals surface area contributed by atoms with Gasteiger partial charge in [0.05, 0.1) is 5.38 Å². The van der Waals surface area contributed by atoms with Gasteiger partial charge in [-0.1, -0.05) is 11.6 Å². The number of hydrogen-bond acceptors (Lipinski definition) is 1. The summed E-state index contributed by atoms with van der Waals surface area (Å²) in [6, 6.07) is 0. The molecule has 2 unspecified atom stereocenters.